The average Bonchev–Trinajstić information content (AvgIpc) is 2.13. The highest BCUT2D eigenvalue weighted by molar-refractivity contribution is 6.74. The van der Waals surface area contributed by atoms with E-state index in [0.29, 0.717) is 6.10 Å². The van der Waals surface area contributed by atoms with Crippen LogP contribution >= 0.6 is 0 Å². The van der Waals surface area contributed by atoms with Crippen LogP contribution in [0.3, 0.4) is 0 Å². The fourth-order valence-electron chi connectivity index (χ4n) is 1.44. The summed E-state index contributed by atoms with van der Waals surface area (Å²) < 4.78 is 6.27. The van der Waals surface area contributed by atoms with Crippen molar-refractivity contribution in [1.82, 2.24) is 0 Å². The molecule has 0 saturated carbocycles. The normalized spacial score (nSPS) is 15.8. The maximum Gasteiger partial charge on any atom is 0.192 e. The van der Waals surface area contributed by atoms with Gasteiger partial charge in [0.25, 0.3) is 0 Å². The Labute approximate surface area is 114 Å². The molecule has 0 spiro atoms. The fraction of sp³-hybridized carbons (Fsp3) is 0.867. The molecule has 18 heavy (non-hydrogen) atoms. The van der Waals surface area contributed by atoms with Crippen LogP contribution in [-0.4, -0.2) is 25.6 Å². The molecule has 0 rings (SSSR count). The van der Waals surface area contributed by atoms with Gasteiger partial charge in [-0.05, 0) is 44.8 Å². The molecule has 0 fully saturated rings. The summed E-state index contributed by atoms with van der Waals surface area (Å²) in [4.78, 5) is 0. The van der Waals surface area contributed by atoms with Crippen molar-refractivity contribution in [2.24, 2.45) is 0 Å². The summed E-state index contributed by atoms with van der Waals surface area (Å²) in [7, 11) is -1.63. The van der Waals surface area contributed by atoms with Gasteiger partial charge in [0.15, 0.2) is 8.32 Å². The average molecular weight is 270 g/mol. The molecular weight excluding hydrogens is 240 g/mol. The second-order valence-corrected chi connectivity index (χ2v) is 11.3. The van der Waals surface area contributed by atoms with E-state index in [2.05, 4.69) is 52.6 Å². The monoisotopic (exact) mass is 270 g/mol. The predicted molar refractivity (Wildman–Crippen MR) is 81.1 cm³/mol. The minimum absolute atomic E-state index is 0.271. The fourth-order valence-corrected chi connectivity index (χ4v) is 2.91. The van der Waals surface area contributed by atoms with Crippen LogP contribution in [0.25, 0.3) is 0 Å². The number of aliphatic hydroxyl groups is 1. The van der Waals surface area contributed by atoms with Crippen molar-refractivity contribution in [1.29, 1.82) is 0 Å². The lowest BCUT2D eigenvalue weighted by molar-refractivity contribution is 0.187. The Morgan fingerprint density at radius 3 is 2.22 bits per heavy atom. The van der Waals surface area contributed by atoms with Crippen LogP contribution in [0, 0.1) is 11.8 Å². The maximum absolute atomic E-state index is 9.01. The van der Waals surface area contributed by atoms with E-state index >= 15 is 0 Å². The van der Waals surface area contributed by atoms with Gasteiger partial charge in [-0.3, -0.25) is 0 Å². The van der Waals surface area contributed by atoms with Crippen LogP contribution in [0.5, 0.6) is 0 Å². The number of unbranched alkanes of at least 4 members (excludes halogenated alkanes) is 1. The van der Waals surface area contributed by atoms with E-state index < -0.39 is 14.4 Å². The molecule has 106 valence electrons. The van der Waals surface area contributed by atoms with Crippen molar-refractivity contribution in [3.8, 4) is 11.8 Å². The largest absolute Gasteiger partial charge is 0.414 e. The molecule has 0 aromatic heterocycles. The zero-order valence-electron chi connectivity index (χ0n) is 13.1. The summed E-state index contributed by atoms with van der Waals surface area (Å²) in [5.41, 5.74) is 0. The van der Waals surface area contributed by atoms with Gasteiger partial charge in [-0.1, -0.05) is 26.7 Å². The highest BCUT2D eigenvalue weighted by Crippen LogP contribution is 2.37. The second kappa shape index (κ2) is 7.33. The van der Waals surface area contributed by atoms with E-state index in [0.717, 1.165) is 19.3 Å². The molecule has 0 heterocycles. The molecule has 0 radical (unpaired) electrons. The zero-order chi connectivity index (χ0) is 14.4. The molecule has 1 N–H and O–H groups in total. The minimum atomic E-state index is -1.63. The smallest absolute Gasteiger partial charge is 0.192 e. The van der Waals surface area contributed by atoms with Gasteiger partial charge in [-0.2, -0.15) is 0 Å². The standard InChI is InChI=1S/C15H30O2Si/c1-13(16)11-9-8-10-12-14(2)17-18(6,7)15(3,4)5/h13-14,16H,8,10,12H2,1-7H3/t13?,14-/m0/s1. The van der Waals surface area contributed by atoms with Gasteiger partial charge in [-0.15, -0.1) is 5.92 Å². The summed E-state index contributed by atoms with van der Waals surface area (Å²) in [6.45, 7) is 15.2. The third kappa shape index (κ3) is 7.20. The van der Waals surface area contributed by atoms with Crippen molar-refractivity contribution in [3.63, 3.8) is 0 Å². The molecule has 0 saturated heterocycles. The Morgan fingerprint density at radius 2 is 1.78 bits per heavy atom. The van der Waals surface area contributed by atoms with Crippen molar-refractivity contribution < 1.29 is 9.53 Å². The number of hydrogen-bond donors (Lipinski definition) is 1. The van der Waals surface area contributed by atoms with Gasteiger partial charge in [-0.25, -0.2) is 0 Å². The molecule has 0 aliphatic carbocycles. The van der Waals surface area contributed by atoms with E-state index in [9.17, 15) is 0 Å². The van der Waals surface area contributed by atoms with Gasteiger partial charge in [0.1, 0.15) is 6.10 Å². The van der Waals surface area contributed by atoms with E-state index in [-0.39, 0.29) is 5.04 Å². The number of rotatable bonds is 5. The molecular formula is C15H30O2Si. The summed E-state index contributed by atoms with van der Waals surface area (Å²) in [5, 5.41) is 9.28. The lowest BCUT2D eigenvalue weighted by Gasteiger charge is -2.38. The first-order valence-corrected chi connectivity index (χ1v) is 9.81. The van der Waals surface area contributed by atoms with E-state index in [1.807, 2.05) is 0 Å². The summed E-state index contributed by atoms with van der Waals surface area (Å²) in [6, 6.07) is 0. The molecule has 0 aliphatic rings. The molecule has 0 aromatic carbocycles. The molecule has 0 bridgehead atoms. The van der Waals surface area contributed by atoms with E-state index in [4.69, 9.17) is 9.53 Å². The maximum atomic E-state index is 9.01. The van der Waals surface area contributed by atoms with E-state index in [1.165, 1.54) is 0 Å². The second-order valence-electron chi connectivity index (χ2n) is 6.58. The molecule has 0 aromatic rings. The van der Waals surface area contributed by atoms with Crippen LogP contribution in [0.4, 0.5) is 0 Å². The van der Waals surface area contributed by atoms with Gasteiger partial charge in [0, 0.05) is 12.5 Å². The predicted octanol–water partition coefficient (Wildman–Crippen LogP) is 3.95. The lowest BCUT2D eigenvalue weighted by Crippen LogP contribution is -2.43. The first-order chi connectivity index (χ1) is 8.06. The summed E-state index contributed by atoms with van der Waals surface area (Å²) in [6.07, 6.45) is 2.72. The van der Waals surface area contributed by atoms with Crippen molar-refractivity contribution >= 4 is 8.32 Å². The molecule has 0 amide bonds. The van der Waals surface area contributed by atoms with E-state index in [1.54, 1.807) is 6.92 Å². The Kier molecular flexibility index (Phi) is 7.20. The molecule has 2 nitrogen and oxygen atoms in total. The quantitative estimate of drug-likeness (QED) is 0.465. The Morgan fingerprint density at radius 1 is 1.22 bits per heavy atom. The highest BCUT2D eigenvalue weighted by Gasteiger charge is 2.38. The topological polar surface area (TPSA) is 29.5 Å². The number of hydrogen-bond acceptors (Lipinski definition) is 2. The summed E-state index contributed by atoms with van der Waals surface area (Å²) >= 11 is 0. The Bertz CT molecular complexity index is 292. The first kappa shape index (κ1) is 17.7. The van der Waals surface area contributed by atoms with Crippen LogP contribution in [-0.2, 0) is 4.43 Å². The van der Waals surface area contributed by atoms with Crippen molar-refractivity contribution in [3.05, 3.63) is 0 Å². The number of aliphatic hydroxyl groups excluding tert-OH is 1. The van der Waals surface area contributed by atoms with Gasteiger partial charge < -0.3 is 9.53 Å². The lowest BCUT2D eigenvalue weighted by atomic mass is 10.2. The Hall–Kier alpha value is -0.303. The van der Waals surface area contributed by atoms with Crippen LogP contribution in [0.2, 0.25) is 18.1 Å². The molecule has 1 unspecified atom stereocenters. The summed E-state index contributed by atoms with van der Waals surface area (Å²) in [5.74, 6) is 5.75. The molecule has 0 aliphatic heterocycles. The van der Waals surface area contributed by atoms with Crippen LogP contribution in [0.1, 0.15) is 53.9 Å². The van der Waals surface area contributed by atoms with Gasteiger partial charge in [0.2, 0.25) is 0 Å². The molecule has 2 atom stereocenters. The highest BCUT2D eigenvalue weighted by atomic mass is 28.4. The minimum Gasteiger partial charge on any atom is -0.414 e. The van der Waals surface area contributed by atoms with Crippen molar-refractivity contribution in [2.45, 2.75) is 84.2 Å². The van der Waals surface area contributed by atoms with Gasteiger partial charge >= 0.3 is 0 Å². The van der Waals surface area contributed by atoms with Crippen LogP contribution in [0.15, 0.2) is 0 Å². The SMILES string of the molecule is CC(O)C#CCCC[C@H](C)O[Si](C)(C)C(C)(C)C. The Balaban J connectivity index is 4.00. The third-order valence-electron chi connectivity index (χ3n) is 3.53. The van der Waals surface area contributed by atoms with Crippen molar-refractivity contribution in [2.75, 3.05) is 0 Å². The zero-order valence-corrected chi connectivity index (χ0v) is 14.1. The van der Waals surface area contributed by atoms with Gasteiger partial charge in [0.05, 0.1) is 0 Å². The van der Waals surface area contributed by atoms with Crippen LogP contribution < -0.4 is 0 Å². The first-order valence-electron chi connectivity index (χ1n) is 6.90. The molecule has 3 heteroatoms. The third-order valence-corrected chi connectivity index (χ3v) is 8.13.